The third kappa shape index (κ3) is 3.97. The second kappa shape index (κ2) is 7.80. The number of aromatic nitrogens is 2. The lowest BCUT2D eigenvalue weighted by molar-refractivity contribution is -0.384. The second-order valence-corrected chi connectivity index (χ2v) is 7.60. The lowest BCUT2D eigenvalue weighted by atomic mass is 9.92. The summed E-state index contributed by atoms with van der Waals surface area (Å²) in [6.07, 6.45) is 0.380. The van der Waals surface area contributed by atoms with Crippen LogP contribution in [0, 0.1) is 10.1 Å². The zero-order chi connectivity index (χ0) is 22.2. The molecule has 0 radical (unpaired) electrons. The molecule has 10 nitrogen and oxygen atoms in total. The smallest absolute Gasteiger partial charge is 0.325 e. The Morgan fingerprint density at radius 1 is 1.23 bits per heavy atom. The minimum Gasteiger partial charge on any atom is -0.337 e. The minimum atomic E-state index is -1.37. The van der Waals surface area contributed by atoms with Crippen LogP contribution in [-0.2, 0) is 23.3 Å². The van der Waals surface area contributed by atoms with Crippen LogP contribution in [0.4, 0.5) is 10.5 Å². The van der Waals surface area contributed by atoms with Crippen LogP contribution in [0.15, 0.2) is 53.1 Å². The molecule has 2 heterocycles. The Kier molecular flexibility index (Phi) is 5.15. The van der Waals surface area contributed by atoms with Gasteiger partial charge in [-0.05, 0) is 42.3 Å². The molecule has 0 aliphatic carbocycles. The van der Waals surface area contributed by atoms with Gasteiger partial charge in [0.15, 0.2) is 5.82 Å². The second-order valence-electron chi connectivity index (χ2n) is 7.16. The zero-order valence-corrected chi connectivity index (χ0v) is 17.0. The van der Waals surface area contributed by atoms with Gasteiger partial charge in [-0.1, -0.05) is 28.9 Å². The van der Waals surface area contributed by atoms with Crippen molar-refractivity contribution in [3.63, 3.8) is 0 Å². The van der Waals surface area contributed by atoms with Crippen molar-refractivity contribution in [1.82, 2.24) is 20.4 Å². The molecule has 11 heteroatoms. The molecule has 1 aliphatic rings. The topological polar surface area (TPSA) is 131 Å². The van der Waals surface area contributed by atoms with E-state index < -0.39 is 22.4 Å². The zero-order valence-electron chi connectivity index (χ0n) is 16.2. The van der Waals surface area contributed by atoms with E-state index in [2.05, 4.69) is 15.5 Å². The fourth-order valence-electron chi connectivity index (χ4n) is 3.34. The number of imide groups is 1. The molecule has 1 N–H and O–H groups in total. The molecule has 1 aliphatic heterocycles. The first-order valence-corrected chi connectivity index (χ1v) is 9.59. The largest absolute Gasteiger partial charge is 0.337 e. The highest BCUT2D eigenvalue weighted by Gasteiger charge is 2.49. The molecule has 31 heavy (non-hydrogen) atoms. The van der Waals surface area contributed by atoms with Crippen LogP contribution in [0.2, 0.25) is 5.02 Å². The first-order chi connectivity index (χ1) is 14.8. The predicted molar refractivity (Wildman–Crippen MR) is 108 cm³/mol. The first-order valence-electron chi connectivity index (χ1n) is 9.21. The van der Waals surface area contributed by atoms with Gasteiger partial charge in [0, 0.05) is 23.6 Å². The number of rotatable bonds is 6. The lowest BCUT2D eigenvalue weighted by Gasteiger charge is -2.21. The van der Waals surface area contributed by atoms with E-state index in [1.165, 1.54) is 31.2 Å². The number of carbonyl (C=O) groups is 2. The third-order valence-corrected chi connectivity index (χ3v) is 5.22. The average Bonchev–Trinajstić information content (AvgIpc) is 3.26. The van der Waals surface area contributed by atoms with Crippen molar-refractivity contribution in [1.29, 1.82) is 0 Å². The van der Waals surface area contributed by atoms with Crippen molar-refractivity contribution in [3.8, 4) is 0 Å². The Bertz CT molecular complexity index is 1180. The van der Waals surface area contributed by atoms with E-state index in [-0.39, 0.29) is 18.1 Å². The van der Waals surface area contributed by atoms with Crippen molar-refractivity contribution in [2.24, 2.45) is 0 Å². The van der Waals surface area contributed by atoms with Crippen LogP contribution < -0.4 is 5.32 Å². The van der Waals surface area contributed by atoms with Gasteiger partial charge in [0.05, 0.1) is 4.92 Å². The monoisotopic (exact) mass is 441 g/mol. The van der Waals surface area contributed by atoms with Gasteiger partial charge in [0.2, 0.25) is 5.89 Å². The molecule has 0 bridgehead atoms. The van der Waals surface area contributed by atoms with E-state index in [9.17, 15) is 19.7 Å². The first kappa shape index (κ1) is 20.5. The maximum absolute atomic E-state index is 13.0. The van der Waals surface area contributed by atoms with Crippen molar-refractivity contribution >= 4 is 29.2 Å². The van der Waals surface area contributed by atoms with Gasteiger partial charge in [-0.3, -0.25) is 19.8 Å². The number of carbonyl (C=O) groups excluding carboxylic acids is 2. The van der Waals surface area contributed by atoms with E-state index in [1.54, 1.807) is 12.1 Å². The van der Waals surface area contributed by atoms with Crippen molar-refractivity contribution in [2.75, 3.05) is 0 Å². The summed E-state index contributed by atoms with van der Waals surface area (Å²) in [6.45, 7) is 1.34. The quantitative estimate of drug-likeness (QED) is 0.353. The number of amides is 3. The van der Waals surface area contributed by atoms with Gasteiger partial charge in [-0.2, -0.15) is 4.98 Å². The van der Waals surface area contributed by atoms with E-state index in [1.807, 2.05) is 12.1 Å². The van der Waals surface area contributed by atoms with Crippen LogP contribution in [0.5, 0.6) is 0 Å². The molecule has 1 saturated heterocycles. The van der Waals surface area contributed by atoms with E-state index in [0.29, 0.717) is 22.8 Å². The number of nitrogens with zero attached hydrogens (tertiary/aromatic N) is 4. The van der Waals surface area contributed by atoms with E-state index in [4.69, 9.17) is 16.1 Å². The maximum atomic E-state index is 13.0. The number of halogens is 1. The van der Waals surface area contributed by atoms with Crippen LogP contribution in [0.1, 0.15) is 29.8 Å². The number of benzene rings is 2. The van der Waals surface area contributed by atoms with Crippen molar-refractivity contribution < 1.29 is 19.0 Å². The van der Waals surface area contributed by atoms with Crippen LogP contribution in [0.25, 0.3) is 0 Å². The van der Waals surface area contributed by atoms with Gasteiger partial charge in [0.25, 0.3) is 11.6 Å². The number of hydrogen-bond acceptors (Lipinski definition) is 7. The summed E-state index contributed by atoms with van der Waals surface area (Å²) in [5.74, 6) is -0.0307. The van der Waals surface area contributed by atoms with Crippen molar-refractivity contribution in [3.05, 3.63) is 86.5 Å². The standard InChI is InChI=1S/C20H16ClN5O5/c1-20(13-5-7-15(8-6-13)26(29)30)18(27)25(19(28)23-20)11-17-22-16(24-31-17)10-12-3-2-4-14(21)9-12/h2-9H,10-11H2,1H3,(H,23,28). The lowest BCUT2D eigenvalue weighted by Crippen LogP contribution is -2.40. The Labute approximate surface area is 181 Å². The molecule has 1 atom stereocenters. The number of nitro groups is 1. The summed E-state index contributed by atoms with van der Waals surface area (Å²) in [7, 11) is 0. The van der Waals surface area contributed by atoms with Gasteiger partial charge in [0.1, 0.15) is 12.1 Å². The van der Waals surface area contributed by atoms with Crippen LogP contribution in [-0.4, -0.2) is 31.9 Å². The number of hydrogen-bond donors (Lipinski definition) is 1. The highest BCUT2D eigenvalue weighted by molar-refractivity contribution is 6.30. The summed E-state index contributed by atoms with van der Waals surface area (Å²) in [6, 6.07) is 12.0. The Morgan fingerprint density at radius 3 is 2.65 bits per heavy atom. The highest BCUT2D eigenvalue weighted by atomic mass is 35.5. The molecule has 1 unspecified atom stereocenters. The number of non-ortho nitro benzene ring substituents is 1. The molecular weight excluding hydrogens is 426 g/mol. The molecule has 1 fully saturated rings. The molecule has 1 aromatic heterocycles. The number of nitro benzene ring substituents is 1. The van der Waals surface area contributed by atoms with Crippen molar-refractivity contribution in [2.45, 2.75) is 25.4 Å². The number of urea groups is 1. The van der Waals surface area contributed by atoms with Crippen LogP contribution >= 0.6 is 11.6 Å². The molecule has 3 aromatic rings. The summed E-state index contributed by atoms with van der Waals surface area (Å²) in [5.41, 5.74) is -0.165. The van der Waals surface area contributed by atoms with E-state index >= 15 is 0 Å². The van der Waals surface area contributed by atoms with E-state index in [0.717, 1.165) is 10.5 Å². The summed E-state index contributed by atoms with van der Waals surface area (Å²) >= 11 is 5.98. The molecule has 3 amide bonds. The minimum absolute atomic E-state index is 0.105. The molecular formula is C20H16ClN5O5. The Morgan fingerprint density at radius 2 is 1.97 bits per heavy atom. The summed E-state index contributed by atoms with van der Waals surface area (Å²) < 4.78 is 5.20. The number of nitrogens with one attached hydrogen (secondary N) is 1. The third-order valence-electron chi connectivity index (χ3n) is 4.99. The Hall–Kier alpha value is -3.79. The molecule has 4 rings (SSSR count). The predicted octanol–water partition coefficient (Wildman–Crippen LogP) is 3.19. The SMILES string of the molecule is CC1(c2ccc([N+](=O)[O-])cc2)NC(=O)N(Cc2nc(Cc3cccc(Cl)c3)no2)C1=O. The van der Waals surface area contributed by atoms with Gasteiger partial charge >= 0.3 is 6.03 Å². The van der Waals surface area contributed by atoms with Gasteiger partial charge < -0.3 is 9.84 Å². The maximum Gasteiger partial charge on any atom is 0.325 e. The molecule has 0 saturated carbocycles. The highest BCUT2D eigenvalue weighted by Crippen LogP contribution is 2.30. The summed E-state index contributed by atoms with van der Waals surface area (Å²) in [5, 5.41) is 18.0. The molecule has 0 spiro atoms. The average molecular weight is 442 g/mol. The van der Waals surface area contributed by atoms with Gasteiger partial charge in [-0.15, -0.1) is 0 Å². The fraction of sp³-hybridized carbons (Fsp3) is 0.200. The van der Waals surface area contributed by atoms with Crippen LogP contribution in [0.3, 0.4) is 0 Å². The molecule has 158 valence electrons. The van der Waals surface area contributed by atoms with Gasteiger partial charge in [-0.25, -0.2) is 4.79 Å². The molecule has 2 aromatic carbocycles. The normalized spacial score (nSPS) is 18.3. The fourth-order valence-corrected chi connectivity index (χ4v) is 3.56. The Balaban J connectivity index is 1.49. The summed E-state index contributed by atoms with van der Waals surface area (Å²) in [4.78, 5) is 41.0.